The van der Waals surface area contributed by atoms with Crippen LogP contribution in [0.3, 0.4) is 0 Å². The summed E-state index contributed by atoms with van der Waals surface area (Å²) in [5, 5.41) is 8.78. The van der Waals surface area contributed by atoms with Gasteiger partial charge in [-0.2, -0.15) is 5.10 Å². The number of para-hydroxylation sites is 1. The summed E-state index contributed by atoms with van der Waals surface area (Å²) in [5.41, 5.74) is 1.43. The van der Waals surface area contributed by atoms with Crippen molar-refractivity contribution in [2.75, 3.05) is 13.1 Å². The number of nitrogens with zero attached hydrogens (tertiary/aromatic N) is 3. The molecule has 2 fully saturated rings. The van der Waals surface area contributed by atoms with Crippen molar-refractivity contribution in [2.24, 2.45) is 24.8 Å². The highest BCUT2D eigenvalue weighted by Gasteiger charge is 2.60. The Kier molecular flexibility index (Phi) is 4.36. The molecule has 0 radical (unpaired) electrons. The summed E-state index contributed by atoms with van der Waals surface area (Å²) in [6, 6.07) is 7.86. The number of aromatic nitrogens is 2. The lowest BCUT2D eigenvalue weighted by Gasteiger charge is -2.26. The van der Waals surface area contributed by atoms with Crippen LogP contribution >= 0.6 is 0 Å². The van der Waals surface area contributed by atoms with Crippen LogP contribution in [-0.2, 0) is 16.6 Å². The summed E-state index contributed by atoms with van der Waals surface area (Å²) in [4.78, 5) is 26.7. The number of ether oxygens (including phenoxy) is 1. The van der Waals surface area contributed by atoms with Crippen LogP contribution in [0.15, 0.2) is 24.3 Å². The maximum atomic E-state index is 12.8. The van der Waals surface area contributed by atoms with Gasteiger partial charge in [0, 0.05) is 31.4 Å². The van der Waals surface area contributed by atoms with Gasteiger partial charge in [0.15, 0.2) is 0 Å². The molecule has 4 rings (SSSR count). The first kappa shape index (κ1) is 18.8. The second-order valence-corrected chi connectivity index (χ2v) is 9.00. The normalized spacial score (nSPS) is 24.8. The van der Waals surface area contributed by atoms with Gasteiger partial charge >= 0.3 is 6.09 Å². The van der Waals surface area contributed by atoms with Crippen molar-refractivity contribution in [3.63, 3.8) is 0 Å². The summed E-state index contributed by atoms with van der Waals surface area (Å²) in [5.74, 6) is 0.512. The standard InChI is InChI=1S/C21H28N4O3/c1-12(18-13-8-6-7-9-16(13)24(5)23-18)22-19(26)17-14-10-25(11-15(14)17)20(27)28-21(2,3)4/h6-9,12,14-15,17H,10-11H2,1-5H3,(H,22,26)/t12?,14-,15+,17?. The molecule has 7 nitrogen and oxygen atoms in total. The molecule has 2 heterocycles. The van der Waals surface area contributed by atoms with Gasteiger partial charge in [0.25, 0.3) is 0 Å². The predicted molar refractivity (Wildman–Crippen MR) is 106 cm³/mol. The van der Waals surface area contributed by atoms with Crippen molar-refractivity contribution in [3.8, 4) is 0 Å². The Labute approximate surface area is 165 Å². The van der Waals surface area contributed by atoms with Gasteiger partial charge < -0.3 is 15.0 Å². The van der Waals surface area contributed by atoms with Crippen LogP contribution < -0.4 is 5.32 Å². The van der Waals surface area contributed by atoms with Gasteiger partial charge in [-0.25, -0.2) is 4.79 Å². The average molecular weight is 384 g/mol. The second-order valence-electron chi connectivity index (χ2n) is 9.00. The number of likely N-dealkylation sites (tertiary alicyclic amines) is 1. The number of hydrogen-bond donors (Lipinski definition) is 1. The Morgan fingerprint density at radius 3 is 2.50 bits per heavy atom. The number of fused-ring (bicyclic) bond motifs is 2. The van der Waals surface area contributed by atoms with Crippen LogP contribution in [0.5, 0.6) is 0 Å². The van der Waals surface area contributed by atoms with Crippen LogP contribution in [-0.4, -0.2) is 45.4 Å². The smallest absolute Gasteiger partial charge is 0.410 e. The molecule has 1 saturated carbocycles. The Hall–Kier alpha value is -2.57. The molecule has 1 aliphatic carbocycles. The molecule has 150 valence electrons. The van der Waals surface area contributed by atoms with Crippen molar-refractivity contribution in [1.82, 2.24) is 20.0 Å². The minimum Gasteiger partial charge on any atom is -0.444 e. The van der Waals surface area contributed by atoms with Gasteiger partial charge in [-0.3, -0.25) is 9.48 Å². The third-order valence-electron chi connectivity index (χ3n) is 5.70. The number of piperidine rings is 1. The van der Waals surface area contributed by atoms with Crippen LogP contribution in [0, 0.1) is 17.8 Å². The average Bonchev–Trinajstić information content (AvgIpc) is 2.96. The van der Waals surface area contributed by atoms with Crippen LogP contribution in [0.2, 0.25) is 0 Å². The van der Waals surface area contributed by atoms with Crippen molar-refractivity contribution < 1.29 is 14.3 Å². The lowest BCUT2D eigenvalue weighted by Crippen LogP contribution is -2.39. The van der Waals surface area contributed by atoms with E-state index < -0.39 is 5.60 Å². The monoisotopic (exact) mass is 384 g/mol. The van der Waals surface area contributed by atoms with Gasteiger partial charge in [-0.05, 0) is 45.6 Å². The number of aryl methyl sites for hydroxylation is 1. The first-order valence-corrected chi connectivity index (χ1v) is 9.85. The summed E-state index contributed by atoms with van der Waals surface area (Å²) in [6.07, 6.45) is -0.285. The van der Waals surface area contributed by atoms with Gasteiger partial charge in [0.05, 0.1) is 17.3 Å². The minimum atomic E-state index is -0.498. The van der Waals surface area contributed by atoms with Crippen molar-refractivity contribution in [2.45, 2.75) is 39.3 Å². The zero-order valence-corrected chi connectivity index (χ0v) is 17.1. The predicted octanol–water partition coefficient (Wildman–Crippen LogP) is 2.86. The SMILES string of the molecule is CC(NC(=O)C1[C@H]2CN(C(=O)OC(C)(C)C)C[C@@H]12)c1nn(C)c2ccccc12. The lowest BCUT2D eigenvalue weighted by atomic mass is 10.1. The fourth-order valence-corrected chi connectivity index (χ4v) is 4.33. The van der Waals surface area contributed by atoms with E-state index >= 15 is 0 Å². The number of carbonyl (C=O) groups excluding carboxylic acids is 2. The highest BCUT2D eigenvalue weighted by atomic mass is 16.6. The largest absolute Gasteiger partial charge is 0.444 e. The molecule has 1 aromatic heterocycles. The zero-order valence-electron chi connectivity index (χ0n) is 17.1. The number of rotatable bonds is 3. The van der Waals surface area contributed by atoms with Crippen LogP contribution in [0.25, 0.3) is 10.9 Å². The molecule has 0 bridgehead atoms. The number of carbonyl (C=O) groups is 2. The highest BCUT2D eigenvalue weighted by Crippen LogP contribution is 2.52. The van der Waals surface area contributed by atoms with Crippen LogP contribution in [0.4, 0.5) is 4.79 Å². The molecule has 0 spiro atoms. The number of benzene rings is 1. The molecule has 1 aromatic carbocycles. The van der Waals surface area contributed by atoms with E-state index in [4.69, 9.17) is 4.74 Å². The van der Waals surface area contributed by atoms with E-state index in [2.05, 4.69) is 10.4 Å². The molecule has 2 aromatic rings. The fourth-order valence-electron chi connectivity index (χ4n) is 4.33. The number of nitrogens with one attached hydrogen (secondary N) is 1. The van der Waals surface area contributed by atoms with E-state index in [9.17, 15) is 9.59 Å². The molecule has 1 aliphatic heterocycles. The van der Waals surface area contributed by atoms with E-state index in [0.29, 0.717) is 13.1 Å². The Bertz CT molecular complexity index is 917. The molecule has 7 heteroatoms. The highest BCUT2D eigenvalue weighted by molar-refractivity contribution is 5.86. The second kappa shape index (κ2) is 6.50. The maximum Gasteiger partial charge on any atom is 0.410 e. The Morgan fingerprint density at radius 2 is 1.86 bits per heavy atom. The molecular weight excluding hydrogens is 356 g/mol. The van der Waals surface area contributed by atoms with Crippen molar-refractivity contribution in [1.29, 1.82) is 0 Å². The molecule has 2 amide bonds. The van der Waals surface area contributed by atoms with E-state index in [1.807, 2.05) is 63.7 Å². The van der Waals surface area contributed by atoms with Gasteiger partial charge in [0.2, 0.25) is 5.91 Å². The Balaban J connectivity index is 1.36. The van der Waals surface area contributed by atoms with E-state index in [1.54, 1.807) is 4.90 Å². The molecule has 4 atom stereocenters. The minimum absolute atomic E-state index is 0.0175. The first-order chi connectivity index (χ1) is 13.2. The summed E-state index contributed by atoms with van der Waals surface area (Å²) >= 11 is 0. The van der Waals surface area contributed by atoms with Crippen LogP contribution in [0.1, 0.15) is 39.4 Å². The van der Waals surface area contributed by atoms with E-state index in [0.717, 1.165) is 16.6 Å². The number of amides is 2. The van der Waals surface area contributed by atoms with Gasteiger partial charge in [-0.15, -0.1) is 0 Å². The zero-order chi connectivity index (χ0) is 20.2. The first-order valence-electron chi connectivity index (χ1n) is 9.85. The van der Waals surface area contributed by atoms with E-state index in [1.165, 1.54) is 0 Å². The fraction of sp³-hybridized carbons (Fsp3) is 0.571. The molecule has 1 N–H and O–H groups in total. The topological polar surface area (TPSA) is 76.5 Å². The van der Waals surface area contributed by atoms with Gasteiger partial charge in [-0.1, -0.05) is 18.2 Å². The van der Waals surface area contributed by atoms with Gasteiger partial charge in [0.1, 0.15) is 5.60 Å². The molecule has 2 unspecified atom stereocenters. The Morgan fingerprint density at radius 1 is 1.21 bits per heavy atom. The van der Waals surface area contributed by atoms with E-state index in [-0.39, 0.29) is 35.8 Å². The molecule has 28 heavy (non-hydrogen) atoms. The summed E-state index contributed by atoms with van der Waals surface area (Å²) in [7, 11) is 1.91. The number of hydrogen-bond acceptors (Lipinski definition) is 4. The van der Waals surface area contributed by atoms with Crippen molar-refractivity contribution in [3.05, 3.63) is 30.0 Å². The summed E-state index contributed by atoms with van der Waals surface area (Å²) < 4.78 is 7.27. The quantitative estimate of drug-likeness (QED) is 0.883. The third-order valence-corrected chi connectivity index (χ3v) is 5.70. The molecule has 1 saturated heterocycles. The molecule has 2 aliphatic rings. The maximum absolute atomic E-state index is 12.8. The lowest BCUT2D eigenvalue weighted by molar-refractivity contribution is -0.124. The summed E-state index contributed by atoms with van der Waals surface area (Å²) in [6.45, 7) is 8.75. The van der Waals surface area contributed by atoms with Crippen molar-refractivity contribution >= 4 is 22.9 Å². The third kappa shape index (κ3) is 3.34. The molecular formula is C21H28N4O3.